The summed E-state index contributed by atoms with van der Waals surface area (Å²) in [5.74, 6) is 0. The normalized spacial score (nSPS) is 8.73. The number of nitroso groups, excluding NO2 is 1. The molecular weight excluding hydrogens is 222 g/mol. The maximum absolute atomic E-state index is 10.3. The first-order valence-electron chi connectivity index (χ1n) is 4.24. The zero-order chi connectivity index (χ0) is 11.8. The Morgan fingerprint density at radius 2 is 2.13 bits per heavy atom. The maximum atomic E-state index is 10.3. The fourth-order valence-electron chi connectivity index (χ4n) is 0.755. The first-order chi connectivity index (χ1) is 7.15. The van der Waals surface area contributed by atoms with Gasteiger partial charge in [0.15, 0.2) is 0 Å². The highest BCUT2D eigenvalue weighted by molar-refractivity contribution is 6.31. The number of nitrogens with zero attached hydrogens (tertiary/aromatic N) is 3. The average Bonchev–Trinajstić information content (AvgIpc) is 2.21. The number of rotatable bonds is 3. The molecule has 0 aromatic carbocycles. The number of pyridine rings is 1. The third-order valence-corrected chi connectivity index (χ3v) is 1.59. The Morgan fingerprint density at radius 3 is 2.53 bits per heavy atom. The number of nitro groups is 1. The summed E-state index contributed by atoms with van der Waals surface area (Å²) in [5, 5.41) is 12.6. The highest BCUT2D eigenvalue weighted by atomic mass is 35.5. The molecule has 0 aliphatic carbocycles. The zero-order valence-corrected chi connectivity index (χ0v) is 9.06. The van der Waals surface area contributed by atoms with E-state index in [0.717, 1.165) is 0 Å². The molecule has 1 aromatic heterocycles. The number of halogens is 1. The van der Waals surface area contributed by atoms with E-state index >= 15 is 0 Å². The van der Waals surface area contributed by atoms with E-state index in [4.69, 9.17) is 11.6 Å². The summed E-state index contributed by atoms with van der Waals surface area (Å²) < 4.78 is 0. The molecule has 1 heterocycles. The number of aromatic nitrogens is 1. The Bertz CT molecular complexity index is 357. The summed E-state index contributed by atoms with van der Waals surface area (Å²) in [6, 6.07) is 2.53. The van der Waals surface area contributed by atoms with E-state index in [0.29, 0.717) is 5.69 Å². The molecule has 0 radical (unpaired) electrons. The minimum Gasteiger partial charge on any atom is -0.258 e. The summed E-state index contributed by atoms with van der Waals surface area (Å²) in [4.78, 5) is 23.1. The van der Waals surface area contributed by atoms with Gasteiger partial charge in [-0.25, -0.2) is 4.98 Å². The standard InChI is InChI=1S/C6H4ClN3O3.C2H6/c7-6-5(10(12)13)2-1-4(9-6)3-8-11;1-2/h1-2H,3H2;1-2H3. The molecule has 0 amide bonds. The van der Waals surface area contributed by atoms with Gasteiger partial charge in [0.2, 0.25) is 5.15 Å². The second kappa shape index (κ2) is 6.83. The van der Waals surface area contributed by atoms with Crippen LogP contribution < -0.4 is 0 Å². The van der Waals surface area contributed by atoms with Gasteiger partial charge in [-0.3, -0.25) is 10.1 Å². The quantitative estimate of drug-likeness (QED) is 0.346. The number of hydrogen-bond donors (Lipinski definition) is 0. The molecular formula is C8H10ClN3O3. The van der Waals surface area contributed by atoms with Gasteiger partial charge in [-0.2, -0.15) is 4.91 Å². The van der Waals surface area contributed by atoms with Crippen LogP contribution >= 0.6 is 11.6 Å². The van der Waals surface area contributed by atoms with Crippen molar-refractivity contribution in [2.45, 2.75) is 20.4 Å². The molecule has 0 unspecified atom stereocenters. The van der Waals surface area contributed by atoms with Crippen LogP contribution in [0.5, 0.6) is 0 Å². The second-order valence-electron chi connectivity index (χ2n) is 2.16. The van der Waals surface area contributed by atoms with E-state index < -0.39 is 4.92 Å². The van der Waals surface area contributed by atoms with Crippen LogP contribution in [0, 0.1) is 15.0 Å². The molecule has 0 bridgehead atoms. The Morgan fingerprint density at radius 1 is 1.53 bits per heavy atom. The minimum absolute atomic E-state index is 0.141. The van der Waals surface area contributed by atoms with Gasteiger partial charge in [-0.05, 0) is 6.07 Å². The molecule has 0 fully saturated rings. The van der Waals surface area contributed by atoms with Crippen molar-refractivity contribution in [1.82, 2.24) is 4.98 Å². The molecule has 0 saturated carbocycles. The predicted molar refractivity (Wildman–Crippen MR) is 56.7 cm³/mol. The molecule has 82 valence electrons. The lowest BCUT2D eigenvalue weighted by Crippen LogP contribution is -1.94. The van der Waals surface area contributed by atoms with Gasteiger partial charge in [0.1, 0.15) is 6.54 Å². The molecule has 0 spiro atoms. The van der Waals surface area contributed by atoms with Gasteiger partial charge < -0.3 is 0 Å². The Kier molecular flexibility index (Phi) is 6.12. The van der Waals surface area contributed by atoms with E-state index in [1.54, 1.807) is 0 Å². The van der Waals surface area contributed by atoms with Crippen LogP contribution in [0.25, 0.3) is 0 Å². The topological polar surface area (TPSA) is 85.5 Å². The highest BCUT2D eigenvalue weighted by Gasteiger charge is 2.13. The fraction of sp³-hybridized carbons (Fsp3) is 0.375. The van der Waals surface area contributed by atoms with Gasteiger partial charge in [0.25, 0.3) is 0 Å². The van der Waals surface area contributed by atoms with Gasteiger partial charge in [-0.15, -0.1) is 0 Å². The Hall–Kier alpha value is -1.56. The molecule has 0 aliphatic rings. The lowest BCUT2D eigenvalue weighted by atomic mass is 10.3. The maximum Gasteiger partial charge on any atom is 0.306 e. The van der Waals surface area contributed by atoms with E-state index in [-0.39, 0.29) is 17.4 Å². The summed E-state index contributed by atoms with van der Waals surface area (Å²) in [6.07, 6.45) is 0. The smallest absolute Gasteiger partial charge is 0.258 e. The Balaban J connectivity index is 0.000000921. The predicted octanol–water partition coefficient (Wildman–Crippen LogP) is 2.94. The van der Waals surface area contributed by atoms with Gasteiger partial charge >= 0.3 is 5.69 Å². The van der Waals surface area contributed by atoms with Crippen LogP contribution in [0.4, 0.5) is 5.69 Å². The van der Waals surface area contributed by atoms with E-state index in [1.807, 2.05) is 13.8 Å². The minimum atomic E-state index is -0.645. The molecule has 0 aliphatic heterocycles. The lowest BCUT2D eigenvalue weighted by Gasteiger charge is -1.95. The van der Waals surface area contributed by atoms with Crippen molar-refractivity contribution in [3.8, 4) is 0 Å². The van der Waals surface area contributed by atoms with Crippen molar-refractivity contribution in [1.29, 1.82) is 0 Å². The zero-order valence-electron chi connectivity index (χ0n) is 8.31. The third kappa shape index (κ3) is 3.99. The second-order valence-corrected chi connectivity index (χ2v) is 2.51. The summed E-state index contributed by atoms with van der Waals surface area (Å²) in [7, 11) is 0. The van der Waals surface area contributed by atoms with Crippen molar-refractivity contribution in [2.24, 2.45) is 5.18 Å². The lowest BCUT2D eigenvalue weighted by molar-refractivity contribution is -0.385. The molecule has 1 rings (SSSR count). The Labute approximate surface area is 91.4 Å². The molecule has 6 nitrogen and oxygen atoms in total. The van der Waals surface area contributed by atoms with Crippen molar-refractivity contribution in [3.63, 3.8) is 0 Å². The molecule has 0 atom stereocenters. The first-order valence-corrected chi connectivity index (χ1v) is 4.62. The van der Waals surface area contributed by atoms with Crippen molar-refractivity contribution < 1.29 is 4.92 Å². The molecule has 15 heavy (non-hydrogen) atoms. The van der Waals surface area contributed by atoms with Gasteiger partial charge in [0, 0.05) is 6.07 Å². The highest BCUT2D eigenvalue weighted by Crippen LogP contribution is 2.21. The third-order valence-electron chi connectivity index (χ3n) is 1.31. The van der Waals surface area contributed by atoms with E-state index in [2.05, 4.69) is 10.2 Å². The van der Waals surface area contributed by atoms with Gasteiger partial charge in [-0.1, -0.05) is 30.6 Å². The van der Waals surface area contributed by atoms with Crippen LogP contribution in [0.2, 0.25) is 5.15 Å². The first kappa shape index (κ1) is 13.4. The van der Waals surface area contributed by atoms with Crippen LogP contribution in [-0.4, -0.2) is 9.91 Å². The molecule has 1 aromatic rings. The van der Waals surface area contributed by atoms with E-state index in [9.17, 15) is 15.0 Å². The van der Waals surface area contributed by atoms with Crippen molar-refractivity contribution >= 4 is 17.3 Å². The van der Waals surface area contributed by atoms with E-state index in [1.165, 1.54) is 12.1 Å². The SMILES string of the molecule is CC.O=NCc1ccc([N+](=O)[O-])c(Cl)n1. The van der Waals surface area contributed by atoms with Gasteiger partial charge in [0.05, 0.1) is 10.6 Å². The van der Waals surface area contributed by atoms with Crippen LogP contribution in [0.1, 0.15) is 19.5 Å². The molecule has 0 saturated heterocycles. The summed E-state index contributed by atoms with van der Waals surface area (Å²) in [5.41, 5.74) is 0.0296. The monoisotopic (exact) mass is 231 g/mol. The summed E-state index contributed by atoms with van der Waals surface area (Å²) in [6.45, 7) is 3.86. The van der Waals surface area contributed by atoms with Crippen molar-refractivity contribution in [3.05, 3.63) is 38.0 Å². The largest absolute Gasteiger partial charge is 0.306 e. The molecule has 7 heteroatoms. The van der Waals surface area contributed by atoms with Crippen LogP contribution in [-0.2, 0) is 6.54 Å². The summed E-state index contributed by atoms with van der Waals surface area (Å²) >= 11 is 5.46. The average molecular weight is 232 g/mol. The number of hydrogen-bond acceptors (Lipinski definition) is 5. The molecule has 0 N–H and O–H groups in total. The van der Waals surface area contributed by atoms with Crippen LogP contribution in [0.3, 0.4) is 0 Å². The van der Waals surface area contributed by atoms with Crippen LogP contribution in [0.15, 0.2) is 17.3 Å². The van der Waals surface area contributed by atoms with Crippen molar-refractivity contribution in [2.75, 3.05) is 0 Å². The fourth-order valence-corrected chi connectivity index (χ4v) is 0.995.